The fraction of sp³-hybridized carbons (Fsp3) is 0.529. The zero-order valence-electron chi connectivity index (χ0n) is 52.6. The molecule has 0 saturated carbocycles. The number of aliphatic imine (C=N–C) groups is 1. The quantitative estimate of drug-likeness (QED) is 0.0436. The molecular formula is C68H98Cu2N2O8. The predicted octanol–water partition coefficient (Wildman–Crippen LogP) is 14.6. The van der Waals surface area contributed by atoms with Gasteiger partial charge in [0.2, 0.25) is 0 Å². The van der Waals surface area contributed by atoms with Crippen molar-refractivity contribution >= 4 is 12.0 Å². The van der Waals surface area contributed by atoms with E-state index in [0.717, 1.165) is 34.9 Å². The average Bonchev–Trinajstić information content (AvgIpc) is 3.31. The van der Waals surface area contributed by atoms with Crippen LogP contribution in [0, 0.1) is 0 Å². The third-order valence-corrected chi connectivity index (χ3v) is 13.9. The monoisotopic (exact) mass is 1200 g/mol. The number of aliphatic hydroxyl groups excluding tert-OH is 1. The molecule has 0 amide bonds. The van der Waals surface area contributed by atoms with Gasteiger partial charge in [-0.05, 0) is 186 Å². The van der Waals surface area contributed by atoms with Crippen LogP contribution in [0.3, 0.4) is 0 Å². The molecule has 1 aliphatic rings. The molecule has 0 bridgehead atoms. The number of carbonyl (C=O) groups is 1. The minimum Gasteiger partial charge on any atom is -0.491 e. The summed E-state index contributed by atoms with van der Waals surface area (Å²) in [5.41, 5.74) is 3.22. The Bertz CT molecular complexity index is 2700. The molecule has 450 valence electrons. The molecule has 4 aromatic rings. The van der Waals surface area contributed by atoms with Crippen LogP contribution in [-0.2, 0) is 71.8 Å². The van der Waals surface area contributed by atoms with E-state index in [1.54, 1.807) is 12.4 Å². The van der Waals surface area contributed by atoms with Gasteiger partial charge < -0.3 is 39.6 Å². The first-order valence-corrected chi connectivity index (χ1v) is 28.0. The molecule has 80 heavy (non-hydrogen) atoms. The summed E-state index contributed by atoms with van der Waals surface area (Å²) in [5.74, 6) is 1.88. The van der Waals surface area contributed by atoms with Crippen LogP contribution < -0.4 is 24.3 Å². The smallest absolute Gasteiger partial charge is 0.196 e. The van der Waals surface area contributed by atoms with Gasteiger partial charge in [0.25, 0.3) is 0 Å². The topological polar surface area (TPSA) is 139 Å². The van der Waals surface area contributed by atoms with Gasteiger partial charge in [-0.2, -0.15) is 0 Å². The number of hydrogen-bond acceptors (Lipinski definition) is 10. The summed E-state index contributed by atoms with van der Waals surface area (Å²) in [7, 11) is 1.00. The largest absolute Gasteiger partial charge is 0.491 e. The van der Waals surface area contributed by atoms with Gasteiger partial charge >= 0.3 is 0 Å². The summed E-state index contributed by atoms with van der Waals surface area (Å²) in [5, 5.41) is 38.4. The van der Waals surface area contributed by atoms with Crippen molar-refractivity contribution in [3.05, 3.63) is 152 Å². The molecule has 0 fully saturated rings. The standard InChI is InChI=1S/C67H94N2O7.CH4O.2Cu/c1-40(2)73-57-28-24-49(62(12,13)14)34-53(57)66(71,54-35-50(63(15,16)17)25-29-58(54)74-41(3)4)45(10)68-38-47-32-44(9)33-48(61(47)70)39-69-46(11)67(72,55-36-51(64(18,19)20)26-30-59(55)75-42(5)6)56-37-52(65(21,22)23)27-31-60(56)76-43(7)8;1-2;;/h24-43,45-46,68,71-72H,1-23H3;2H,1H3;;/b47-38-,69-39?;;;/t45-,46-;;;/m0.../s1. The Kier molecular flexibility index (Phi) is 25.1. The molecule has 0 saturated heterocycles. The zero-order chi connectivity index (χ0) is 59.3. The van der Waals surface area contributed by atoms with Crippen LogP contribution >= 0.6 is 0 Å². The molecule has 10 nitrogen and oxygen atoms in total. The minimum absolute atomic E-state index is 0. The van der Waals surface area contributed by atoms with Crippen LogP contribution in [-0.4, -0.2) is 70.9 Å². The summed E-state index contributed by atoms with van der Waals surface area (Å²) < 4.78 is 26.1. The number of aliphatic hydroxyl groups is 3. The Labute approximate surface area is 503 Å². The Balaban J connectivity index is 0.00000540. The molecule has 2 radical (unpaired) electrons. The second kappa shape index (κ2) is 28.1. The van der Waals surface area contributed by atoms with E-state index in [9.17, 15) is 15.0 Å². The van der Waals surface area contributed by atoms with Gasteiger partial charge in [0.05, 0.1) is 36.5 Å². The van der Waals surface area contributed by atoms with E-state index in [0.29, 0.717) is 56.4 Å². The summed E-state index contributed by atoms with van der Waals surface area (Å²) in [6, 6.07) is 22.6. The van der Waals surface area contributed by atoms with Gasteiger partial charge in [0, 0.05) is 87.1 Å². The van der Waals surface area contributed by atoms with Gasteiger partial charge in [-0.25, -0.2) is 0 Å². The van der Waals surface area contributed by atoms with Crippen molar-refractivity contribution in [3.8, 4) is 23.0 Å². The first-order valence-electron chi connectivity index (χ1n) is 28.0. The van der Waals surface area contributed by atoms with Crippen LogP contribution in [0.25, 0.3) is 0 Å². The third-order valence-electron chi connectivity index (χ3n) is 13.9. The van der Waals surface area contributed by atoms with Crippen LogP contribution in [0.2, 0.25) is 0 Å². The van der Waals surface area contributed by atoms with E-state index in [2.05, 4.69) is 125 Å². The number of nitrogens with zero attached hydrogens (tertiary/aromatic N) is 1. The maximum atomic E-state index is 14.9. The summed E-state index contributed by atoms with van der Waals surface area (Å²) >= 11 is 0. The molecule has 4 N–H and O–H groups in total. The molecule has 0 aromatic heterocycles. The second-order valence-electron chi connectivity index (χ2n) is 26.3. The van der Waals surface area contributed by atoms with E-state index in [1.807, 2.05) is 125 Å². The number of ketones is 1. The van der Waals surface area contributed by atoms with Crippen LogP contribution in [0.5, 0.6) is 23.0 Å². The number of carbonyl (C=O) groups excluding carboxylic acids is 1. The summed E-state index contributed by atoms with van der Waals surface area (Å²) in [6.45, 7) is 47.3. The molecule has 0 heterocycles. The zero-order valence-corrected chi connectivity index (χ0v) is 54.5. The minimum atomic E-state index is -1.82. The number of allylic oxidation sites excluding steroid dienone is 5. The Morgan fingerprint density at radius 1 is 0.475 bits per heavy atom. The van der Waals surface area contributed by atoms with E-state index in [-0.39, 0.29) is 86.0 Å². The number of hydrogen-bond donors (Lipinski definition) is 4. The Morgan fingerprint density at radius 3 is 1.04 bits per heavy atom. The SMILES string of the molecule is CC1=C/C(=C/N[C@@H](C)C(O)(c2cc(C(C)(C)C)ccc2OC(C)C)c2cc(C(C)(C)C)ccc2OC(C)C)C(=O)C(C=N[C@@H](C)C(O)(c2cc(C(C)(C)C)ccc2OC(C)C)c2cc(C(C)(C)C)ccc2OC(C)C)=C1.CO.[Cu].[Cu]. The molecule has 0 aliphatic heterocycles. The van der Waals surface area contributed by atoms with Crippen molar-refractivity contribution in [1.29, 1.82) is 0 Å². The first kappa shape index (κ1) is 71.5. The fourth-order valence-electron chi connectivity index (χ4n) is 9.48. The van der Waals surface area contributed by atoms with Crippen LogP contribution in [0.4, 0.5) is 0 Å². The Hall–Kier alpha value is -4.64. The number of nitrogens with one attached hydrogen (secondary N) is 1. The number of benzene rings is 4. The third kappa shape index (κ3) is 17.2. The number of rotatable bonds is 18. The molecule has 4 aromatic carbocycles. The molecule has 0 spiro atoms. The average molecular weight is 1200 g/mol. The Morgan fingerprint density at radius 2 is 0.762 bits per heavy atom. The van der Waals surface area contributed by atoms with Crippen molar-refractivity contribution < 1.29 is 73.2 Å². The maximum Gasteiger partial charge on any atom is 0.196 e. The fourth-order valence-corrected chi connectivity index (χ4v) is 9.48. The van der Waals surface area contributed by atoms with Gasteiger partial charge in [-0.15, -0.1) is 0 Å². The van der Waals surface area contributed by atoms with Crippen molar-refractivity contribution in [3.63, 3.8) is 0 Å². The van der Waals surface area contributed by atoms with E-state index in [1.165, 1.54) is 0 Å². The molecule has 1 aliphatic carbocycles. The van der Waals surface area contributed by atoms with E-state index in [4.69, 9.17) is 29.0 Å². The first-order chi connectivity index (χ1) is 35.9. The molecule has 12 heteroatoms. The van der Waals surface area contributed by atoms with Crippen LogP contribution in [0.15, 0.2) is 113 Å². The predicted molar refractivity (Wildman–Crippen MR) is 323 cm³/mol. The second-order valence-corrected chi connectivity index (χ2v) is 26.3. The van der Waals surface area contributed by atoms with E-state index < -0.39 is 23.3 Å². The molecule has 2 atom stereocenters. The summed E-state index contributed by atoms with van der Waals surface area (Å²) in [4.78, 5) is 20.0. The van der Waals surface area contributed by atoms with E-state index >= 15 is 0 Å². The number of Topliss-reactive ketones (excluding diaryl/α,β-unsaturated/α-hetero) is 1. The van der Waals surface area contributed by atoms with Crippen molar-refractivity contribution in [2.45, 2.75) is 229 Å². The van der Waals surface area contributed by atoms with Crippen LogP contribution in [0.1, 0.15) is 204 Å². The van der Waals surface area contributed by atoms with Crippen molar-refractivity contribution in [2.75, 3.05) is 7.11 Å². The normalized spacial score (nSPS) is 15.0. The van der Waals surface area contributed by atoms with Gasteiger partial charge in [-0.1, -0.05) is 107 Å². The summed E-state index contributed by atoms with van der Waals surface area (Å²) in [6.07, 6.45) is 6.16. The maximum absolute atomic E-state index is 14.9. The van der Waals surface area contributed by atoms with Crippen molar-refractivity contribution in [2.24, 2.45) is 4.99 Å². The molecular weight excluding hydrogens is 1100 g/mol. The number of ether oxygens (including phenoxy) is 4. The van der Waals surface area contributed by atoms with Gasteiger partial charge in [-0.3, -0.25) is 9.79 Å². The van der Waals surface area contributed by atoms with Gasteiger partial charge in [0.15, 0.2) is 5.78 Å². The molecule has 0 unspecified atom stereocenters. The van der Waals surface area contributed by atoms with Crippen molar-refractivity contribution in [1.82, 2.24) is 5.32 Å². The molecule has 5 rings (SSSR count). The van der Waals surface area contributed by atoms with Gasteiger partial charge in [0.1, 0.15) is 34.2 Å².